The molecule has 1 aliphatic heterocycles. The molecule has 5 heteroatoms. The standard InChI is InChI=1S/C64H39N3O2/c1-4-16-41(17-5-1)61-65-62(67-63(66-61)44-32-34-51-49-24-11-10-22-47(49)48-23-12-13-25-50(48)53(51)36-44)42-30-28-40(29-31-42)43-33-35-57-58(37-43)69-59-38-54-52-26-14-15-27-55(52)64(45-18-6-2-7-19-45,46-20-8-3-9-21-46)56(54)39-60(59)68-57/h1-39H. The molecule has 1 aliphatic carbocycles. The molecule has 0 saturated heterocycles. The lowest BCUT2D eigenvalue weighted by atomic mass is 9.67. The van der Waals surface area contributed by atoms with Crippen LogP contribution in [-0.4, -0.2) is 15.0 Å². The highest BCUT2D eigenvalue weighted by atomic mass is 16.6. The predicted molar refractivity (Wildman–Crippen MR) is 278 cm³/mol. The van der Waals surface area contributed by atoms with Crippen molar-refractivity contribution >= 4 is 32.3 Å². The van der Waals surface area contributed by atoms with Gasteiger partial charge >= 0.3 is 0 Å². The smallest absolute Gasteiger partial charge is 0.170 e. The first-order valence-electron chi connectivity index (χ1n) is 23.3. The number of benzene rings is 11. The normalized spacial score (nSPS) is 13.0. The highest BCUT2D eigenvalue weighted by molar-refractivity contribution is 6.25. The summed E-state index contributed by atoms with van der Waals surface area (Å²) < 4.78 is 13.5. The van der Waals surface area contributed by atoms with Crippen LogP contribution in [0.4, 0.5) is 0 Å². The minimum absolute atomic E-state index is 0.531. The average molecular weight is 882 g/mol. The molecule has 11 aromatic carbocycles. The Hall–Kier alpha value is -9.19. The first kappa shape index (κ1) is 39.0. The van der Waals surface area contributed by atoms with Gasteiger partial charge in [0.05, 0.1) is 5.41 Å². The fraction of sp³-hybridized carbons (Fsp3) is 0.0156. The molecule has 12 aromatic rings. The van der Waals surface area contributed by atoms with Gasteiger partial charge in [0.25, 0.3) is 0 Å². The Balaban J connectivity index is 0.819. The number of aromatic nitrogens is 3. The zero-order valence-electron chi connectivity index (χ0n) is 37.2. The van der Waals surface area contributed by atoms with Crippen molar-refractivity contribution in [2.24, 2.45) is 0 Å². The summed E-state index contributed by atoms with van der Waals surface area (Å²) in [5.74, 6) is 4.56. The van der Waals surface area contributed by atoms with Crippen LogP contribution >= 0.6 is 0 Å². The third kappa shape index (κ3) is 6.14. The minimum Gasteiger partial charge on any atom is -0.450 e. The zero-order valence-corrected chi connectivity index (χ0v) is 37.2. The van der Waals surface area contributed by atoms with E-state index in [1.54, 1.807) is 0 Å². The van der Waals surface area contributed by atoms with Crippen LogP contribution < -0.4 is 9.47 Å². The molecule has 0 spiro atoms. The summed E-state index contributed by atoms with van der Waals surface area (Å²) >= 11 is 0. The van der Waals surface area contributed by atoms with Crippen molar-refractivity contribution < 1.29 is 9.47 Å². The summed E-state index contributed by atoms with van der Waals surface area (Å²) in [4.78, 5) is 15.3. The van der Waals surface area contributed by atoms with Crippen LogP contribution in [0, 0.1) is 0 Å². The van der Waals surface area contributed by atoms with Gasteiger partial charge in [0.1, 0.15) is 0 Å². The number of fused-ring (bicyclic) bond motifs is 11. The van der Waals surface area contributed by atoms with Crippen molar-refractivity contribution in [3.63, 3.8) is 0 Å². The summed E-state index contributed by atoms with van der Waals surface area (Å²) in [6.45, 7) is 0. The number of hydrogen-bond acceptors (Lipinski definition) is 5. The molecule has 0 bridgehead atoms. The van der Waals surface area contributed by atoms with E-state index in [1.807, 2.05) is 36.4 Å². The molecule has 0 unspecified atom stereocenters. The predicted octanol–water partition coefficient (Wildman–Crippen LogP) is 16.3. The summed E-state index contributed by atoms with van der Waals surface area (Å²) in [5.41, 5.74) is 11.4. The maximum Gasteiger partial charge on any atom is 0.170 e. The molecule has 1 aromatic heterocycles. The minimum atomic E-state index is -0.531. The fourth-order valence-corrected chi connectivity index (χ4v) is 10.9. The van der Waals surface area contributed by atoms with Crippen molar-refractivity contribution in [1.82, 2.24) is 15.0 Å². The van der Waals surface area contributed by atoms with Gasteiger partial charge in [-0.25, -0.2) is 15.0 Å². The first-order chi connectivity index (χ1) is 34.2. The molecule has 69 heavy (non-hydrogen) atoms. The van der Waals surface area contributed by atoms with Crippen molar-refractivity contribution in [2.75, 3.05) is 0 Å². The summed E-state index contributed by atoms with van der Waals surface area (Å²) in [6, 6.07) is 83.2. The van der Waals surface area contributed by atoms with Crippen LogP contribution in [0.25, 0.3) is 88.7 Å². The van der Waals surface area contributed by atoms with E-state index in [2.05, 4.69) is 200 Å². The number of rotatable bonds is 6. The molecule has 0 N–H and O–H groups in total. The first-order valence-corrected chi connectivity index (χ1v) is 23.3. The van der Waals surface area contributed by atoms with Crippen LogP contribution in [0.2, 0.25) is 0 Å². The van der Waals surface area contributed by atoms with E-state index in [0.29, 0.717) is 40.5 Å². The van der Waals surface area contributed by atoms with Gasteiger partial charge in [0.2, 0.25) is 0 Å². The van der Waals surface area contributed by atoms with Crippen LogP contribution in [0.15, 0.2) is 237 Å². The zero-order chi connectivity index (χ0) is 45.5. The molecule has 0 atom stereocenters. The quantitative estimate of drug-likeness (QED) is 0.156. The van der Waals surface area contributed by atoms with E-state index < -0.39 is 5.41 Å². The van der Waals surface area contributed by atoms with Gasteiger partial charge in [-0.2, -0.15) is 0 Å². The second kappa shape index (κ2) is 15.4. The van der Waals surface area contributed by atoms with Crippen LogP contribution in [0.1, 0.15) is 22.3 Å². The molecular formula is C64H39N3O2. The Morgan fingerprint density at radius 2 is 0.710 bits per heavy atom. The van der Waals surface area contributed by atoms with Gasteiger partial charge in [0, 0.05) is 16.7 Å². The Labute approximate surface area is 398 Å². The summed E-state index contributed by atoms with van der Waals surface area (Å²) in [7, 11) is 0. The lowest BCUT2D eigenvalue weighted by Gasteiger charge is -2.34. The van der Waals surface area contributed by atoms with Crippen LogP contribution in [0.3, 0.4) is 0 Å². The van der Waals surface area contributed by atoms with Crippen molar-refractivity contribution in [3.05, 3.63) is 259 Å². The monoisotopic (exact) mass is 881 g/mol. The molecule has 0 fully saturated rings. The van der Waals surface area contributed by atoms with E-state index in [-0.39, 0.29) is 0 Å². The van der Waals surface area contributed by atoms with Crippen LogP contribution in [0.5, 0.6) is 23.0 Å². The Morgan fingerprint density at radius 1 is 0.261 bits per heavy atom. The molecule has 2 heterocycles. The second-order valence-electron chi connectivity index (χ2n) is 17.8. The number of ether oxygens (including phenoxy) is 2. The number of nitrogens with zero attached hydrogens (tertiary/aromatic N) is 3. The maximum absolute atomic E-state index is 6.78. The van der Waals surface area contributed by atoms with Crippen molar-refractivity contribution in [2.45, 2.75) is 5.41 Å². The summed E-state index contributed by atoms with van der Waals surface area (Å²) in [5, 5.41) is 7.27. The van der Waals surface area contributed by atoms with Gasteiger partial charge in [-0.05, 0) is 107 Å². The molecule has 14 rings (SSSR count). The molecule has 0 saturated carbocycles. The van der Waals surface area contributed by atoms with E-state index >= 15 is 0 Å². The Morgan fingerprint density at radius 3 is 1.36 bits per heavy atom. The van der Waals surface area contributed by atoms with Crippen molar-refractivity contribution in [1.29, 1.82) is 0 Å². The van der Waals surface area contributed by atoms with Gasteiger partial charge in [0.15, 0.2) is 40.5 Å². The Kier molecular flexibility index (Phi) is 8.73. The third-order valence-electron chi connectivity index (χ3n) is 14.1. The van der Waals surface area contributed by atoms with Crippen molar-refractivity contribution in [3.8, 4) is 79.4 Å². The van der Waals surface area contributed by atoms with Gasteiger partial charge in [-0.3, -0.25) is 0 Å². The Bertz CT molecular complexity index is 3930. The molecule has 2 aliphatic rings. The highest BCUT2D eigenvalue weighted by Gasteiger charge is 2.47. The molecule has 0 amide bonds. The molecule has 322 valence electrons. The van der Waals surface area contributed by atoms with Gasteiger partial charge < -0.3 is 9.47 Å². The van der Waals surface area contributed by atoms with Gasteiger partial charge in [-0.1, -0.05) is 206 Å². The lowest BCUT2D eigenvalue weighted by Crippen LogP contribution is -2.28. The largest absolute Gasteiger partial charge is 0.450 e. The van der Waals surface area contributed by atoms with E-state index in [9.17, 15) is 0 Å². The fourth-order valence-electron chi connectivity index (χ4n) is 10.9. The highest BCUT2D eigenvalue weighted by Crippen LogP contribution is 2.60. The van der Waals surface area contributed by atoms with E-state index in [0.717, 1.165) is 33.4 Å². The topological polar surface area (TPSA) is 57.1 Å². The van der Waals surface area contributed by atoms with Crippen LogP contribution in [-0.2, 0) is 5.41 Å². The molecular weight excluding hydrogens is 843 g/mol. The van der Waals surface area contributed by atoms with E-state index in [4.69, 9.17) is 24.4 Å². The molecule has 5 nitrogen and oxygen atoms in total. The average Bonchev–Trinajstić information content (AvgIpc) is 3.71. The maximum atomic E-state index is 6.78. The van der Waals surface area contributed by atoms with Gasteiger partial charge in [-0.15, -0.1) is 0 Å². The second-order valence-corrected chi connectivity index (χ2v) is 17.8. The molecule has 0 radical (unpaired) electrons. The summed E-state index contributed by atoms with van der Waals surface area (Å²) in [6.07, 6.45) is 0. The third-order valence-corrected chi connectivity index (χ3v) is 14.1. The number of hydrogen-bond donors (Lipinski definition) is 0. The van der Waals surface area contributed by atoms with E-state index in [1.165, 1.54) is 60.1 Å². The SMILES string of the molecule is c1ccc(-c2nc(-c3ccc(-c4ccc5c(c4)Oc4cc6c(cc4O5)C(c4ccccc4)(c4ccccc4)c4ccccc4-6)cc3)nc(-c3ccc4c5ccccc5c5ccccc5c4c3)n2)cc1. The lowest BCUT2D eigenvalue weighted by molar-refractivity contribution is 0.359.